The van der Waals surface area contributed by atoms with Gasteiger partial charge in [0.25, 0.3) is 0 Å². The van der Waals surface area contributed by atoms with Crippen LogP contribution in [0.1, 0.15) is 31.8 Å². The molecule has 0 spiro atoms. The Balaban J connectivity index is 1.77. The van der Waals surface area contributed by atoms with Gasteiger partial charge in [-0.1, -0.05) is 32.0 Å². The number of nitrogens with zero attached hydrogens (tertiary/aromatic N) is 6. The van der Waals surface area contributed by atoms with Crippen molar-refractivity contribution in [2.45, 2.75) is 33.8 Å². The Morgan fingerprint density at radius 3 is 2.58 bits per heavy atom. The summed E-state index contributed by atoms with van der Waals surface area (Å²) in [5, 5.41) is 5.74. The number of fused-ring (bicyclic) bond motifs is 1. The number of carbonyl (C=O) groups is 1. The minimum atomic E-state index is 0.0111. The number of methoxy groups -OCH3 is 1. The molecule has 8 nitrogen and oxygen atoms in total. The van der Waals surface area contributed by atoms with Crippen LogP contribution in [0.5, 0.6) is 0 Å². The fourth-order valence-electron chi connectivity index (χ4n) is 4.09. The fourth-order valence-corrected chi connectivity index (χ4v) is 4.09. The summed E-state index contributed by atoms with van der Waals surface area (Å²) in [7, 11) is 1.65. The third-order valence-corrected chi connectivity index (χ3v) is 5.60. The lowest BCUT2D eigenvalue weighted by molar-refractivity contribution is -0.134. The first kappa shape index (κ1) is 21.2. The predicted molar refractivity (Wildman–Crippen MR) is 120 cm³/mol. The molecule has 1 aliphatic rings. The standard InChI is InChI=1S/C23H30N6O2/c1-16(2)23(30)28-12-8-11-27(13-14-28)21-20-17(3)26-29(18-9-6-5-7-10-18)22(20)25-19(24-21)15-31-4/h5-7,9-10,16H,8,11-15H2,1-4H3. The molecule has 1 aliphatic heterocycles. The van der Waals surface area contributed by atoms with E-state index in [9.17, 15) is 4.79 Å². The lowest BCUT2D eigenvalue weighted by Gasteiger charge is -2.24. The second-order valence-corrected chi connectivity index (χ2v) is 8.25. The molecule has 0 aliphatic carbocycles. The van der Waals surface area contributed by atoms with Gasteiger partial charge in [-0.2, -0.15) is 5.10 Å². The average Bonchev–Trinajstić information content (AvgIpc) is 2.94. The summed E-state index contributed by atoms with van der Waals surface area (Å²) in [5.41, 5.74) is 2.62. The van der Waals surface area contributed by atoms with E-state index in [0.717, 1.165) is 54.3 Å². The van der Waals surface area contributed by atoms with E-state index in [1.807, 2.05) is 60.7 Å². The number of hydrogen-bond donors (Lipinski definition) is 0. The molecule has 1 aromatic carbocycles. The number of benzene rings is 1. The molecule has 0 unspecified atom stereocenters. The van der Waals surface area contributed by atoms with E-state index in [1.165, 1.54) is 0 Å². The van der Waals surface area contributed by atoms with E-state index in [2.05, 4.69) is 4.90 Å². The Kier molecular flexibility index (Phi) is 6.18. The molecule has 1 fully saturated rings. The van der Waals surface area contributed by atoms with Crippen LogP contribution in [0.25, 0.3) is 16.7 Å². The van der Waals surface area contributed by atoms with Crippen molar-refractivity contribution in [1.82, 2.24) is 24.6 Å². The van der Waals surface area contributed by atoms with Crippen molar-refractivity contribution in [2.24, 2.45) is 5.92 Å². The Labute approximate surface area is 182 Å². The third-order valence-electron chi connectivity index (χ3n) is 5.60. The summed E-state index contributed by atoms with van der Waals surface area (Å²) in [4.78, 5) is 26.4. The molecule has 1 saturated heterocycles. The molecular weight excluding hydrogens is 392 g/mol. The smallest absolute Gasteiger partial charge is 0.225 e. The van der Waals surface area contributed by atoms with Gasteiger partial charge in [0.2, 0.25) is 5.91 Å². The van der Waals surface area contributed by atoms with Crippen molar-refractivity contribution in [3.8, 4) is 5.69 Å². The molecule has 164 valence electrons. The highest BCUT2D eigenvalue weighted by Crippen LogP contribution is 2.30. The quantitative estimate of drug-likeness (QED) is 0.629. The van der Waals surface area contributed by atoms with Crippen molar-refractivity contribution in [3.05, 3.63) is 41.9 Å². The van der Waals surface area contributed by atoms with Gasteiger partial charge in [0.1, 0.15) is 12.4 Å². The van der Waals surface area contributed by atoms with Gasteiger partial charge in [0.15, 0.2) is 11.5 Å². The molecule has 8 heteroatoms. The number of ether oxygens (including phenoxy) is 1. The molecule has 0 bridgehead atoms. The molecule has 0 N–H and O–H groups in total. The van der Waals surface area contributed by atoms with Crippen LogP contribution in [0.2, 0.25) is 0 Å². The van der Waals surface area contributed by atoms with E-state index < -0.39 is 0 Å². The van der Waals surface area contributed by atoms with Gasteiger partial charge < -0.3 is 14.5 Å². The predicted octanol–water partition coefficient (Wildman–Crippen LogP) is 2.97. The number of amides is 1. The molecular formula is C23H30N6O2. The molecule has 4 rings (SSSR count). The van der Waals surface area contributed by atoms with Gasteiger partial charge in [-0.3, -0.25) is 4.79 Å². The van der Waals surface area contributed by atoms with Crippen molar-refractivity contribution >= 4 is 22.8 Å². The summed E-state index contributed by atoms with van der Waals surface area (Å²) in [6.07, 6.45) is 0.898. The molecule has 2 aromatic heterocycles. The number of rotatable bonds is 5. The maximum absolute atomic E-state index is 12.5. The largest absolute Gasteiger partial charge is 0.377 e. The molecule has 1 amide bonds. The average molecular weight is 423 g/mol. The summed E-state index contributed by atoms with van der Waals surface area (Å²) in [5.74, 6) is 1.72. The zero-order chi connectivity index (χ0) is 22.0. The van der Waals surface area contributed by atoms with Crippen LogP contribution in [-0.2, 0) is 16.1 Å². The SMILES string of the molecule is COCc1nc(N2CCCN(C(=O)C(C)C)CC2)c2c(C)nn(-c3ccccc3)c2n1. The van der Waals surface area contributed by atoms with Gasteiger partial charge in [-0.05, 0) is 25.5 Å². The topological polar surface area (TPSA) is 76.4 Å². The van der Waals surface area contributed by atoms with Gasteiger partial charge >= 0.3 is 0 Å². The van der Waals surface area contributed by atoms with Gasteiger partial charge in [0.05, 0.1) is 16.8 Å². The van der Waals surface area contributed by atoms with Gasteiger partial charge in [-0.15, -0.1) is 0 Å². The van der Waals surface area contributed by atoms with Crippen LogP contribution < -0.4 is 4.90 Å². The lowest BCUT2D eigenvalue weighted by Crippen LogP contribution is -2.37. The number of para-hydroxylation sites is 1. The summed E-state index contributed by atoms with van der Waals surface area (Å²) < 4.78 is 7.22. The zero-order valence-corrected chi connectivity index (χ0v) is 18.7. The number of anilines is 1. The maximum atomic E-state index is 12.5. The van der Waals surface area contributed by atoms with Crippen LogP contribution in [0.4, 0.5) is 5.82 Å². The first-order chi connectivity index (χ1) is 15.0. The van der Waals surface area contributed by atoms with E-state index in [4.69, 9.17) is 19.8 Å². The minimum absolute atomic E-state index is 0.0111. The highest BCUT2D eigenvalue weighted by Gasteiger charge is 2.25. The third kappa shape index (κ3) is 4.25. The van der Waals surface area contributed by atoms with Gasteiger partial charge in [-0.25, -0.2) is 14.6 Å². The molecule has 0 atom stereocenters. The highest BCUT2D eigenvalue weighted by atomic mass is 16.5. The molecule has 0 radical (unpaired) electrons. The van der Waals surface area contributed by atoms with Gasteiger partial charge in [0, 0.05) is 39.2 Å². The maximum Gasteiger partial charge on any atom is 0.225 e. The van der Waals surface area contributed by atoms with Crippen molar-refractivity contribution in [1.29, 1.82) is 0 Å². The van der Waals surface area contributed by atoms with Crippen LogP contribution in [0.3, 0.4) is 0 Å². The molecule has 0 saturated carbocycles. The van der Waals surface area contributed by atoms with Crippen molar-refractivity contribution in [2.75, 3.05) is 38.2 Å². The fraction of sp³-hybridized carbons (Fsp3) is 0.478. The summed E-state index contributed by atoms with van der Waals surface area (Å²) >= 11 is 0. The summed E-state index contributed by atoms with van der Waals surface area (Å²) in [6.45, 7) is 9.26. The minimum Gasteiger partial charge on any atom is -0.377 e. The Morgan fingerprint density at radius 2 is 1.87 bits per heavy atom. The van der Waals surface area contributed by atoms with Crippen LogP contribution >= 0.6 is 0 Å². The number of aryl methyl sites for hydroxylation is 1. The molecule has 3 aromatic rings. The Morgan fingerprint density at radius 1 is 1.10 bits per heavy atom. The highest BCUT2D eigenvalue weighted by molar-refractivity contribution is 5.91. The lowest BCUT2D eigenvalue weighted by atomic mass is 10.2. The van der Waals surface area contributed by atoms with E-state index >= 15 is 0 Å². The van der Waals surface area contributed by atoms with Crippen LogP contribution in [0, 0.1) is 12.8 Å². The van der Waals surface area contributed by atoms with Crippen molar-refractivity contribution < 1.29 is 9.53 Å². The Bertz CT molecular complexity index is 1060. The van der Waals surface area contributed by atoms with E-state index in [-0.39, 0.29) is 11.8 Å². The zero-order valence-electron chi connectivity index (χ0n) is 18.7. The number of carbonyl (C=O) groups excluding carboxylic acids is 1. The van der Waals surface area contributed by atoms with Crippen molar-refractivity contribution in [3.63, 3.8) is 0 Å². The number of aromatic nitrogens is 4. The first-order valence-corrected chi connectivity index (χ1v) is 10.8. The normalized spacial score (nSPS) is 15.0. The van der Waals surface area contributed by atoms with E-state index in [1.54, 1.807) is 7.11 Å². The molecule has 3 heterocycles. The first-order valence-electron chi connectivity index (χ1n) is 10.8. The van der Waals surface area contributed by atoms with Crippen LogP contribution in [0.15, 0.2) is 30.3 Å². The second kappa shape index (κ2) is 9.01. The second-order valence-electron chi connectivity index (χ2n) is 8.25. The Hall–Kier alpha value is -3.00. The van der Waals surface area contributed by atoms with E-state index in [0.29, 0.717) is 19.0 Å². The van der Waals surface area contributed by atoms with Crippen LogP contribution in [-0.4, -0.2) is 63.8 Å². The monoisotopic (exact) mass is 422 g/mol. The number of hydrogen-bond acceptors (Lipinski definition) is 6. The molecule has 31 heavy (non-hydrogen) atoms. The summed E-state index contributed by atoms with van der Waals surface area (Å²) in [6, 6.07) is 10.0.